The first-order valence-electron chi connectivity index (χ1n) is 9.71. The maximum atomic E-state index is 12.1. The third-order valence-electron chi connectivity index (χ3n) is 5.51. The third-order valence-corrected chi connectivity index (χ3v) is 5.51. The van der Waals surface area contributed by atoms with Crippen LogP contribution in [-0.4, -0.2) is 71.0 Å². The Balaban J connectivity index is 0.000000298. The fourth-order valence-electron chi connectivity index (χ4n) is 3.89. The van der Waals surface area contributed by atoms with E-state index in [0.29, 0.717) is 24.3 Å². The van der Waals surface area contributed by atoms with Crippen LogP contribution < -0.4 is 5.32 Å². The standard InChI is InChI=1S/C17H25N3O2.C2HF3O2/c1-19-6-2-3-15(19)17(21)18-8-14-7-13-10-20(9-12-4-5-12)11-16(13)22-14;3-2(4,5)1(6)7/h2-3,6,12-14,16H,4-5,7-11H2,1H3,(H,18,21);(H,6,7)/t13-,14-,16+;/m1./s1. The molecule has 0 aromatic carbocycles. The lowest BCUT2D eigenvalue weighted by Crippen LogP contribution is -2.34. The van der Waals surface area contributed by atoms with Gasteiger partial charge in [0.25, 0.3) is 5.91 Å². The Bertz CT molecular complexity index is 719. The molecule has 2 saturated heterocycles. The van der Waals surface area contributed by atoms with Gasteiger partial charge in [0.15, 0.2) is 0 Å². The molecule has 3 atom stereocenters. The smallest absolute Gasteiger partial charge is 0.475 e. The van der Waals surface area contributed by atoms with Crippen LogP contribution in [0.4, 0.5) is 13.2 Å². The van der Waals surface area contributed by atoms with Crippen molar-refractivity contribution < 1.29 is 32.6 Å². The molecule has 1 aromatic heterocycles. The van der Waals surface area contributed by atoms with E-state index in [1.807, 2.05) is 29.9 Å². The number of likely N-dealkylation sites (tertiary alicyclic amines) is 1. The quantitative estimate of drug-likeness (QED) is 0.765. The van der Waals surface area contributed by atoms with Crippen molar-refractivity contribution in [3.63, 3.8) is 0 Å². The van der Waals surface area contributed by atoms with Crippen molar-refractivity contribution in [1.82, 2.24) is 14.8 Å². The average Bonchev–Trinajstić information content (AvgIpc) is 3.02. The highest BCUT2D eigenvalue weighted by atomic mass is 19.4. The van der Waals surface area contributed by atoms with Crippen molar-refractivity contribution in [2.24, 2.45) is 18.9 Å². The first kappa shape index (κ1) is 21.6. The van der Waals surface area contributed by atoms with E-state index in [0.717, 1.165) is 18.9 Å². The molecule has 162 valence electrons. The van der Waals surface area contributed by atoms with Crippen LogP contribution in [-0.2, 0) is 16.6 Å². The largest absolute Gasteiger partial charge is 0.490 e. The van der Waals surface area contributed by atoms with E-state index in [9.17, 15) is 18.0 Å². The number of aliphatic carboxylic acids is 1. The van der Waals surface area contributed by atoms with Gasteiger partial charge in [0.1, 0.15) is 5.69 Å². The predicted molar refractivity (Wildman–Crippen MR) is 97.4 cm³/mol. The first-order valence-corrected chi connectivity index (χ1v) is 9.71. The number of aromatic nitrogens is 1. The number of nitrogens with zero attached hydrogens (tertiary/aromatic N) is 2. The van der Waals surface area contributed by atoms with Crippen molar-refractivity contribution in [1.29, 1.82) is 0 Å². The van der Waals surface area contributed by atoms with Gasteiger partial charge in [-0.05, 0) is 37.3 Å². The van der Waals surface area contributed by atoms with Crippen molar-refractivity contribution in [2.45, 2.75) is 37.6 Å². The normalized spacial score (nSPS) is 26.6. The highest BCUT2D eigenvalue weighted by Gasteiger charge is 2.43. The van der Waals surface area contributed by atoms with E-state index >= 15 is 0 Å². The van der Waals surface area contributed by atoms with E-state index in [2.05, 4.69) is 10.2 Å². The number of fused-ring (bicyclic) bond motifs is 1. The van der Waals surface area contributed by atoms with Crippen LogP contribution >= 0.6 is 0 Å². The Hall–Kier alpha value is -2.07. The summed E-state index contributed by atoms with van der Waals surface area (Å²) in [6.45, 7) is 4.16. The molecule has 0 bridgehead atoms. The number of aryl methyl sites for hydroxylation is 1. The molecule has 3 aliphatic rings. The molecule has 4 rings (SSSR count). The summed E-state index contributed by atoms with van der Waals surface area (Å²) in [5, 5.41) is 10.1. The van der Waals surface area contributed by atoms with Crippen LogP contribution in [0.2, 0.25) is 0 Å². The van der Waals surface area contributed by atoms with Gasteiger partial charge < -0.3 is 24.6 Å². The van der Waals surface area contributed by atoms with Gasteiger partial charge in [-0.25, -0.2) is 4.79 Å². The maximum Gasteiger partial charge on any atom is 0.490 e. The van der Waals surface area contributed by atoms with E-state index < -0.39 is 12.1 Å². The van der Waals surface area contributed by atoms with Gasteiger partial charge in [-0.3, -0.25) is 4.79 Å². The lowest BCUT2D eigenvalue weighted by atomic mass is 10.0. The summed E-state index contributed by atoms with van der Waals surface area (Å²) in [5.74, 6) is -1.15. The Morgan fingerprint density at radius 2 is 2.00 bits per heavy atom. The van der Waals surface area contributed by atoms with Gasteiger partial charge in [-0.15, -0.1) is 0 Å². The number of carboxylic acid groups (broad SMARTS) is 1. The average molecular weight is 417 g/mol. The molecule has 0 spiro atoms. The van der Waals surface area contributed by atoms with Crippen molar-refractivity contribution >= 4 is 11.9 Å². The fourth-order valence-corrected chi connectivity index (χ4v) is 3.89. The number of carbonyl (C=O) groups is 2. The molecule has 3 fully saturated rings. The number of hydrogen-bond donors (Lipinski definition) is 2. The van der Waals surface area contributed by atoms with Gasteiger partial charge in [0, 0.05) is 45.3 Å². The van der Waals surface area contributed by atoms with Crippen LogP contribution in [0.1, 0.15) is 29.8 Å². The lowest BCUT2D eigenvalue weighted by molar-refractivity contribution is -0.192. The van der Waals surface area contributed by atoms with Gasteiger partial charge in [0.2, 0.25) is 0 Å². The number of halogens is 3. The highest BCUT2D eigenvalue weighted by molar-refractivity contribution is 5.92. The minimum Gasteiger partial charge on any atom is -0.475 e. The number of amides is 1. The highest BCUT2D eigenvalue weighted by Crippen LogP contribution is 2.36. The number of ether oxygens (including phenoxy) is 1. The molecule has 10 heteroatoms. The molecule has 1 amide bonds. The summed E-state index contributed by atoms with van der Waals surface area (Å²) in [5.41, 5.74) is 0.703. The van der Waals surface area contributed by atoms with E-state index in [1.54, 1.807) is 0 Å². The molecule has 2 N–H and O–H groups in total. The minimum atomic E-state index is -5.08. The maximum absolute atomic E-state index is 12.1. The Labute approximate surface area is 166 Å². The summed E-state index contributed by atoms with van der Waals surface area (Å²) in [6.07, 6.45) is 1.29. The number of nitrogens with one attached hydrogen (secondary N) is 1. The van der Waals surface area contributed by atoms with Crippen LogP contribution in [0, 0.1) is 11.8 Å². The molecular weight excluding hydrogens is 391 g/mol. The number of rotatable bonds is 5. The van der Waals surface area contributed by atoms with Gasteiger partial charge >= 0.3 is 12.1 Å². The zero-order valence-electron chi connectivity index (χ0n) is 16.2. The molecule has 1 aliphatic carbocycles. The number of hydrogen-bond acceptors (Lipinski definition) is 4. The summed E-state index contributed by atoms with van der Waals surface area (Å²) in [7, 11) is 1.89. The van der Waals surface area contributed by atoms with E-state index in [1.165, 1.54) is 25.9 Å². The predicted octanol–water partition coefficient (Wildman–Crippen LogP) is 1.89. The molecule has 1 saturated carbocycles. The lowest BCUT2D eigenvalue weighted by Gasteiger charge is -2.19. The Kier molecular flexibility index (Phi) is 6.52. The molecule has 2 aliphatic heterocycles. The van der Waals surface area contributed by atoms with Crippen molar-refractivity contribution in [3.8, 4) is 0 Å². The van der Waals surface area contributed by atoms with Gasteiger partial charge in [-0.2, -0.15) is 13.2 Å². The van der Waals surface area contributed by atoms with Crippen molar-refractivity contribution in [3.05, 3.63) is 24.0 Å². The molecule has 0 radical (unpaired) electrons. The fraction of sp³-hybridized carbons (Fsp3) is 0.684. The van der Waals surface area contributed by atoms with Crippen LogP contribution in [0.15, 0.2) is 18.3 Å². The van der Waals surface area contributed by atoms with Gasteiger partial charge in [0.05, 0.1) is 12.2 Å². The number of carbonyl (C=O) groups excluding carboxylic acids is 1. The minimum absolute atomic E-state index is 0.0106. The summed E-state index contributed by atoms with van der Waals surface area (Å²) in [4.78, 5) is 23.6. The second-order valence-electron chi connectivity index (χ2n) is 7.97. The molecule has 0 unspecified atom stereocenters. The molecule has 3 heterocycles. The second-order valence-corrected chi connectivity index (χ2v) is 7.97. The number of carboxylic acids is 1. The summed E-state index contributed by atoms with van der Waals surface area (Å²) in [6, 6.07) is 3.73. The van der Waals surface area contributed by atoms with Crippen LogP contribution in [0.25, 0.3) is 0 Å². The Morgan fingerprint density at radius 1 is 1.31 bits per heavy atom. The zero-order valence-corrected chi connectivity index (χ0v) is 16.2. The van der Waals surface area contributed by atoms with E-state index in [-0.39, 0.29) is 12.0 Å². The third kappa shape index (κ3) is 5.96. The van der Waals surface area contributed by atoms with E-state index in [4.69, 9.17) is 14.6 Å². The summed E-state index contributed by atoms with van der Waals surface area (Å²) >= 11 is 0. The molecule has 29 heavy (non-hydrogen) atoms. The van der Waals surface area contributed by atoms with Gasteiger partial charge in [-0.1, -0.05) is 0 Å². The molecular formula is C19H26F3N3O4. The second kappa shape index (κ2) is 8.74. The number of alkyl halides is 3. The zero-order chi connectivity index (χ0) is 21.2. The first-order chi connectivity index (χ1) is 13.6. The van der Waals surface area contributed by atoms with Crippen LogP contribution in [0.3, 0.4) is 0 Å². The Morgan fingerprint density at radius 3 is 2.52 bits per heavy atom. The molecule has 1 aromatic rings. The van der Waals surface area contributed by atoms with Crippen LogP contribution in [0.5, 0.6) is 0 Å². The molecule has 7 nitrogen and oxygen atoms in total. The monoisotopic (exact) mass is 417 g/mol. The SMILES string of the molecule is Cn1cccc1C(=O)NC[C@H]1C[C@@H]2CN(CC3CC3)C[C@@H]2O1.O=C(O)C(F)(F)F. The van der Waals surface area contributed by atoms with Crippen molar-refractivity contribution in [2.75, 3.05) is 26.2 Å². The topological polar surface area (TPSA) is 83.8 Å². The summed E-state index contributed by atoms with van der Waals surface area (Å²) < 4.78 is 39.7.